The summed E-state index contributed by atoms with van der Waals surface area (Å²) < 4.78 is 31.1. The van der Waals surface area contributed by atoms with E-state index < -0.39 is 17.7 Å². The van der Waals surface area contributed by atoms with Crippen LogP contribution in [-0.2, 0) is 4.74 Å². The van der Waals surface area contributed by atoms with Gasteiger partial charge in [0.2, 0.25) is 0 Å². The number of hydrogen-bond acceptors (Lipinski definition) is 3. The normalized spacial score (nSPS) is 14.6. The zero-order valence-corrected chi connectivity index (χ0v) is 9.70. The van der Waals surface area contributed by atoms with Gasteiger partial charge in [-0.05, 0) is 18.9 Å². The predicted molar refractivity (Wildman–Crippen MR) is 60.4 cm³/mol. The zero-order valence-electron chi connectivity index (χ0n) is 9.70. The number of aliphatic hydroxyl groups excluding tert-OH is 1. The Bertz CT molecular complexity index is 360. The highest BCUT2D eigenvalue weighted by molar-refractivity contribution is 5.21. The van der Waals surface area contributed by atoms with Crippen LogP contribution in [0.2, 0.25) is 0 Å². The molecule has 0 aliphatic carbocycles. The Morgan fingerprint density at radius 1 is 1.41 bits per heavy atom. The number of rotatable bonds is 6. The molecule has 0 saturated heterocycles. The van der Waals surface area contributed by atoms with Gasteiger partial charge >= 0.3 is 0 Å². The van der Waals surface area contributed by atoms with Gasteiger partial charge in [-0.2, -0.15) is 0 Å². The SMILES string of the molecule is COCCC(N)CC(O)c1cccc(F)c1F. The Labute approximate surface area is 99.2 Å². The molecule has 96 valence electrons. The molecule has 0 aliphatic rings. The Hall–Kier alpha value is -1.04. The smallest absolute Gasteiger partial charge is 0.164 e. The number of halogens is 2. The van der Waals surface area contributed by atoms with Gasteiger partial charge in [0, 0.05) is 25.3 Å². The van der Waals surface area contributed by atoms with E-state index in [1.165, 1.54) is 12.1 Å². The second-order valence-electron chi connectivity index (χ2n) is 3.94. The molecule has 0 bridgehead atoms. The maximum Gasteiger partial charge on any atom is 0.164 e. The van der Waals surface area contributed by atoms with Crippen molar-refractivity contribution < 1.29 is 18.6 Å². The summed E-state index contributed by atoms with van der Waals surface area (Å²) in [6.45, 7) is 0.472. The van der Waals surface area contributed by atoms with Crippen molar-refractivity contribution in [3.8, 4) is 0 Å². The number of methoxy groups -OCH3 is 1. The first-order chi connectivity index (χ1) is 8.06. The predicted octanol–water partition coefficient (Wildman–Crippen LogP) is 1.75. The van der Waals surface area contributed by atoms with E-state index in [0.29, 0.717) is 13.0 Å². The first-order valence-corrected chi connectivity index (χ1v) is 5.42. The van der Waals surface area contributed by atoms with Crippen LogP contribution >= 0.6 is 0 Å². The molecule has 0 radical (unpaired) electrons. The maximum absolute atomic E-state index is 13.4. The third-order valence-electron chi connectivity index (χ3n) is 2.56. The molecule has 0 fully saturated rings. The molecule has 2 atom stereocenters. The van der Waals surface area contributed by atoms with E-state index in [2.05, 4.69) is 0 Å². The summed E-state index contributed by atoms with van der Waals surface area (Å²) in [7, 11) is 1.55. The molecule has 0 saturated carbocycles. The van der Waals surface area contributed by atoms with Crippen LogP contribution in [0, 0.1) is 11.6 Å². The summed E-state index contributed by atoms with van der Waals surface area (Å²) in [4.78, 5) is 0. The molecular weight excluding hydrogens is 228 g/mol. The van der Waals surface area contributed by atoms with Crippen molar-refractivity contribution in [3.05, 3.63) is 35.4 Å². The van der Waals surface area contributed by atoms with Crippen LogP contribution < -0.4 is 5.73 Å². The van der Waals surface area contributed by atoms with E-state index in [1.807, 2.05) is 0 Å². The average molecular weight is 245 g/mol. The van der Waals surface area contributed by atoms with Crippen molar-refractivity contribution in [1.82, 2.24) is 0 Å². The molecule has 3 N–H and O–H groups in total. The Kier molecular flexibility index (Phi) is 5.47. The molecule has 0 heterocycles. The summed E-state index contributed by atoms with van der Waals surface area (Å²) >= 11 is 0. The molecule has 0 aliphatic heterocycles. The minimum Gasteiger partial charge on any atom is -0.388 e. The molecule has 1 rings (SSSR count). The molecule has 3 nitrogen and oxygen atoms in total. The second-order valence-corrected chi connectivity index (χ2v) is 3.94. The van der Waals surface area contributed by atoms with Crippen molar-refractivity contribution in [2.75, 3.05) is 13.7 Å². The van der Waals surface area contributed by atoms with E-state index >= 15 is 0 Å². The fourth-order valence-electron chi connectivity index (χ4n) is 1.58. The van der Waals surface area contributed by atoms with E-state index in [0.717, 1.165) is 6.07 Å². The Morgan fingerprint density at radius 2 is 2.12 bits per heavy atom. The van der Waals surface area contributed by atoms with Gasteiger partial charge in [-0.1, -0.05) is 12.1 Å². The van der Waals surface area contributed by atoms with Gasteiger partial charge in [-0.15, -0.1) is 0 Å². The van der Waals surface area contributed by atoms with Crippen LogP contribution in [-0.4, -0.2) is 24.9 Å². The molecule has 2 unspecified atom stereocenters. The van der Waals surface area contributed by atoms with Gasteiger partial charge in [-0.3, -0.25) is 0 Å². The van der Waals surface area contributed by atoms with Crippen molar-refractivity contribution >= 4 is 0 Å². The van der Waals surface area contributed by atoms with Crippen molar-refractivity contribution in [2.45, 2.75) is 25.0 Å². The molecule has 0 amide bonds. The number of benzene rings is 1. The van der Waals surface area contributed by atoms with Crippen molar-refractivity contribution in [2.24, 2.45) is 5.73 Å². The fourth-order valence-corrected chi connectivity index (χ4v) is 1.58. The third-order valence-corrected chi connectivity index (χ3v) is 2.56. The van der Waals surface area contributed by atoms with Crippen LogP contribution in [0.5, 0.6) is 0 Å². The third kappa shape index (κ3) is 4.03. The topological polar surface area (TPSA) is 55.5 Å². The van der Waals surface area contributed by atoms with Gasteiger partial charge in [0.1, 0.15) is 0 Å². The molecule has 17 heavy (non-hydrogen) atoms. The lowest BCUT2D eigenvalue weighted by Crippen LogP contribution is -2.24. The average Bonchev–Trinajstić information content (AvgIpc) is 2.29. The Morgan fingerprint density at radius 3 is 2.76 bits per heavy atom. The summed E-state index contributed by atoms with van der Waals surface area (Å²) in [6, 6.07) is 3.41. The number of ether oxygens (including phenoxy) is 1. The minimum absolute atomic E-state index is 0.0575. The largest absolute Gasteiger partial charge is 0.388 e. The number of hydrogen-bond donors (Lipinski definition) is 2. The Balaban J connectivity index is 2.63. The van der Waals surface area contributed by atoms with E-state index in [4.69, 9.17) is 10.5 Å². The number of nitrogens with two attached hydrogens (primary N) is 1. The first kappa shape index (κ1) is 14.0. The van der Waals surface area contributed by atoms with E-state index in [9.17, 15) is 13.9 Å². The molecule has 5 heteroatoms. The first-order valence-electron chi connectivity index (χ1n) is 5.42. The van der Waals surface area contributed by atoms with Gasteiger partial charge in [0.25, 0.3) is 0 Å². The molecular formula is C12H17F2NO2. The second kappa shape index (κ2) is 6.64. The molecule has 1 aromatic rings. The summed E-state index contributed by atoms with van der Waals surface area (Å²) in [5, 5.41) is 9.77. The monoisotopic (exact) mass is 245 g/mol. The molecule has 0 aromatic heterocycles. The van der Waals surface area contributed by atoms with Gasteiger partial charge in [-0.25, -0.2) is 8.78 Å². The maximum atomic E-state index is 13.4. The highest BCUT2D eigenvalue weighted by atomic mass is 19.2. The number of aliphatic hydroxyl groups is 1. The minimum atomic E-state index is -1.10. The quantitative estimate of drug-likeness (QED) is 0.802. The highest BCUT2D eigenvalue weighted by Crippen LogP contribution is 2.23. The highest BCUT2D eigenvalue weighted by Gasteiger charge is 2.18. The lowest BCUT2D eigenvalue weighted by atomic mass is 10.0. The summed E-state index contributed by atoms with van der Waals surface area (Å²) in [6.07, 6.45) is -0.369. The fraction of sp³-hybridized carbons (Fsp3) is 0.500. The van der Waals surface area contributed by atoms with E-state index in [1.54, 1.807) is 7.11 Å². The zero-order chi connectivity index (χ0) is 12.8. The van der Waals surface area contributed by atoms with Gasteiger partial charge in [0.15, 0.2) is 11.6 Å². The van der Waals surface area contributed by atoms with Gasteiger partial charge in [0.05, 0.1) is 6.10 Å². The standard InChI is InChI=1S/C12H17F2NO2/c1-17-6-5-8(15)7-11(16)9-3-2-4-10(13)12(9)14/h2-4,8,11,16H,5-7,15H2,1H3. The van der Waals surface area contributed by atoms with Crippen molar-refractivity contribution in [1.29, 1.82) is 0 Å². The van der Waals surface area contributed by atoms with Crippen LogP contribution in [0.25, 0.3) is 0 Å². The van der Waals surface area contributed by atoms with Crippen LogP contribution in [0.4, 0.5) is 8.78 Å². The summed E-state index contributed by atoms with van der Waals surface area (Å²) in [5.41, 5.74) is 5.67. The van der Waals surface area contributed by atoms with Crippen LogP contribution in [0.1, 0.15) is 24.5 Å². The lowest BCUT2D eigenvalue weighted by Gasteiger charge is -2.17. The van der Waals surface area contributed by atoms with Gasteiger partial charge < -0.3 is 15.6 Å². The molecule has 0 spiro atoms. The van der Waals surface area contributed by atoms with Crippen LogP contribution in [0.15, 0.2) is 18.2 Å². The summed E-state index contributed by atoms with van der Waals surface area (Å²) in [5.74, 6) is -1.98. The lowest BCUT2D eigenvalue weighted by molar-refractivity contribution is 0.137. The van der Waals surface area contributed by atoms with E-state index in [-0.39, 0.29) is 18.0 Å². The van der Waals surface area contributed by atoms with Crippen molar-refractivity contribution in [3.63, 3.8) is 0 Å². The van der Waals surface area contributed by atoms with Crippen LogP contribution in [0.3, 0.4) is 0 Å². The molecule has 1 aromatic carbocycles.